The van der Waals surface area contributed by atoms with Crippen LogP contribution in [0.1, 0.15) is 35.4 Å². The van der Waals surface area contributed by atoms with Crippen LogP contribution in [0.5, 0.6) is 5.75 Å². The molecule has 14 heteroatoms. The number of anilines is 1. The highest BCUT2D eigenvalue weighted by Gasteiger charge is 2.31. The lowest BCUT2D eigenvalue weighted by atomic mass is 10.1. The van der Waals surface area contributed by atoms with E-state index in [1.807, 2.05) is 12.1 Å². The number of hydrogen-bond acceptors (Lipinski definition) is 10. The first kappa shape index (κ1) is 32.8. The lowest BCUT2D eigenvalue weighted by molar-refractivity contribution is -0.274. The van der Waals surface area contributed by atoms with Gasteiger partial charge in [-0.15, -0.1) is 23.4 Å². The largest absolute Gasteiger partial charge is 0.573 e. The van der Waals surface area contributed by atoms with Crippen molar-refractivity contribution < 1.29 is 27.5 Å². The van der Waals surface area contributed by atoms with Gasteiger partial charge in [0.25, 0.3) is 0 Å². The maximum atomic E-state index is 12.0. The Balaban J connectivity index is 0.000000353. The summed E-state index contributed by atoms with van der Waals surface area (Å²) in [5.41, 5.74) is 13.7. The van der Waals surface area contributed by atoms with Crippen LogP contribution in [0.2, 0.25) is 0 Å². The third kappa shape index (κ3) is 14.5. The SMILES string of the molecule is CN/C(N)=C/C=C(\N)CCCCc1nnc(NC(=O)Cc2cccnc2)s1.O=CCc1cccc(OC(F)(F)F)c1. The number of rotatable bonds is 13. The van der Waals surface area contributed by atoms with Gasteiger partial charge in [-0.1, -0.05) is 29.5 Å². The van der Waals surface area contributed by atoms with E-state index in [9.17, 15) is 22.8 Å². The lowest BCUT2D eigenvalue weighted by Crippen LogP contribution is -2.17. The summed E-state index contributed by atoms with van der Waals surface area (Å²) in [7, 11) is 1.76. The minimum absolute atomic E-state index is 0.0784. The summed E-state index contributed by atoms with van der Waals surface area (Å²) < 4.78 is 39.0. The summed E-state index contributed by atoms with van der Waals surface area (Å²) >= 11 is 1.40. The van der Waals surface area contributed by atoms with Crippen molar-refractivity contribution >= 4 is 28.7 Å². The molecule has 3 aromatic rings. The van der Waals surface area contributed by atoms with E-state index in [1.165, 1.54) is 29.5 Å². The van der Waals surface area contributed by atoms with Crippen LogP contribution in [0.25, 0.3) is 0 Å². The summed E-state index contributed by atoms with van der Waals surface area (Å²) in [4.78, 5) is 26.1. The minimum Gasteiger partial charge on any atom is -0.406 e. The van der Waals surface area contributed by atoms with Gasteiger partial charge in [0.1, 0.15) is 17.0 Å². The van der Waals surface area contributed by atoms with Gasteiger partial charge in [-0.3, -0.25) is 9.78 Å². The molecule has 0 saturated carbocycles. The molecule has 1 amide bonds. The molecule has 6 N–H and O–H groups in total. The molecule has 0 aliphatic heterocycles. The number of nitrogens with one attached hydrogen (secondary N) is 2. The molecule has 0 atom stereocenters. The van der Waals surface area contributed by atoms with Gasteiger partial charge in [-0.25, -0.2) is 0 Å². The van der Waals surface area contributed by atoms with Crippen molar-refractivity contribution in [1.82, 2.24) is 20.5 Å². The smallest absolute Gasteiger partial charge is 0.406 e. The second-order valence-corrected chi connectivity index (χ2v) is 9.54. The predicted molar refractivity (Wildman–Crippen MR) is 151 cm³/mol. The van der Waals surface area contributed by atoms with E-state index >= 15 is 0 Å². The number of nitrogens with two attached hydrogens (primary N) is 2. The normalized spacial score (nSPS) is 11.7. The van der Waals surface area contributed by atoms with Gasteiger partial charge in [0.15, 0.2) is 0 Å². The number of ether oxygens (including phenoxy) is 1. The number of aromatic nitrogens is 3. The topological polar surface area (TPSA) is 158 Å². The predicted octanol–water partition coefficient (Wildman–Crippen LogP) is 4.02. The fraction of sp³-hybridized carbons (Fsp3) is 0.296. The van der Waals surface area contributed by atoms with Crippen molar-refractivity contribution in [3.05, 3.63) is 88.6 Å². The van der Waals surface area contributed by atoms with Crippen LogP contribution in [0, 0.1) is 0 Å². The molecule has 10 nitrogen and oxygen atoms in total. The standard InChI is InChI=1S/C18H25N7OS.C9H7F3O2/c1-21-15(20)9-8-14(19)6-2-3-7-17-24-25-18(27-17)23-16(26)11-13-5-4-10-22-12-13;10-9(11,12)14-8-3-1-2-7(6-8)4-5-13/h4-5,8-10,12,21H,2-3,6-7,11,19-20H2,1H3,(H,23,25,26);1-3,5-6H,4H2/b14-8-,15-9+;. The van der Waals surface area contributed by atoms with Crippen LogP contribution in [-0.4, -0.2) is 40.8 Å². The molecule has 0 aliphatic carbocycles. The number of aldehydes is 1. The van der Waals surface area contributed by atoms with Crippen molar-refractivity contribution in [3.8, 4) is 5.75 Å². The second-order valence-electron chi connectivity index (χ2n) is 8.47. The number of amides is 1. The Kier molecular flexibility index (Phi) is 13.8. The van der Waals surface area contributed by atoms with Crippen LogP contribution < -0.4 is 26.8 Å². The maximum Gasteiger partial charge on any atom is 0.573 e. The molecule has 0 unspecified atom stereocenters. The molecule has 2 aromatic heterocycles. The second kappa shape index (κ2) is 17.3. The number of alkyl halides is 3. The number of unbranched alkanes of at least 4 members (excludes halogenated alkanes) is 1. The van der Waals surface area contributed by atoms with Crippen molar-refractivity contribution in [2.75, 3.05) is 12.4 Å². The molecule has 0 aliphatic rings. The molecular weight excluding hydrogens is 559 g/mol. The zero-order chi connectivity index (χ0) is 30.1. The molecule has 0 radical (unpaired) electrons. The van der Waals surface area contributed by atoms with Crippen molar-refractivity contribution in [2.45, 2.75) is 44.9 Å². The third-order valence-electron chi connectivity index (χ3n) is 5.12. The van der Waals surface area contributed by atoms with Gasteiger partial charge in [0.05, 0.1) is 12.2 Å². The van der Waals surface area contributed by atoms with Crippen LogP contribution in [-0.2, 0) is 28.9 Å². The van der Waals surface area contributed by atoms with E-state index in [0.29, 0.717) is 22.8 Å². The van der Waals surface area contributed by atoms with Gasteiger partial charge in [-0.05, 0) is 60.7 Å². The average Bonchev–Trinajstić information content (AvgIpc) is 3.37. The monoisotopic (exact) mass is 591 g/mol. The number of carbonyl (C=O) groups excluding carboxylic acids is 2. The Morgan fingerprint density at radius 1 is 1.10 bits per heavy atom. The molecular formula is C27H32F3N7O3S. The molecule has 41 heavy (non-hydrogen) atoms. The molecule has 0 saturated heterocycles. The molecule has 0 bridgehead atoms. The van der Waals surface area contributed by atoms with Gasteiger partial charge < -0.3 is 31.6 Å². The first-order valence-electron chi connectivity index (χ1n) is 12.5. The molecule has 3 rings (SSSR count). The average molecular weight is 592 g/mol. The Labute approximate surface area is 239 Å². The van der Waals surface area contributed by atoms with Gasteiger partial charge in [0, 0.05) is 38.0 Å². The van der Waals surface area contributed by atoms with Gasteiger partial charge >= 0.3 is 6.36 Å². The van der Waals surface area contributed by atoms with Crippen LogP contribution in [0.4, 0.5) is 18.3 Å². The van der Waals surface area contributed by atoms with E-state index in [0.717, 1.165) is 42.0 Å². The van der Waals surface area contributed by atoms with E-state index in [2.05, 4.69) is 30.6 Å². The lowest BCUT2D eigenvalue weighted by Gasteiger charge is -2.08. The van der Waals surface area contributed by atoms with E-state index < -0.39 is 6.36 Å². The number of pyridine rings is 1. The van der Waals surface area contributed by atoms with Crippen LogP contribution in [0.3, 0.4) is 0 Å². The van der Waals surface area contributed by atoms with Crippen molar-refractivity contribution in [3.63, 3.8) is 0 Å². The first-order valence-corrected chi connectivity index (χ1v) is 13.3. The number of aryl methyl sites for hydroxylation is 1. The van der Waals surface area contributed by atoms with Crippen molar-refractivity contribution in [1.29, 1.82) is 0 Å². The zero-order valence-corrected chi connectivity index (χ0v) is 23.2. The summed E-state index contributed by atoms with van der Waals surface area (Å²) in [6, 6.07) is 8.99. The molecule has 220 valence electrons. The summed E-state index contributed by atoms with van der Waals surface area (Å²) in [5, 5.41) is 15.2. The highest BCUT2D eigenvalue weighted by molar-refractivity contribution is 7.15. The fourth-order valence-corrected chi connectivity index (χ4v) is 3.99. The highest BCUT2D eigenvalue weighted by atomic mass is 32.1. The Hall–Kier alpha value is -4.46. The third-order valence-corrected chi connectivity index (χ3v) is 6.02. The van der Waals surface area contributed by atoms with E-state index in [1.54, 1.807) is 37.7 Å². The Morgan fingerprint density at radius 2 is 1.88 bits per heavy atom. The first-order chi connectivity index (χ1) is 19.6. The number of benzene rings is 1. The molecule has 1 aromatic carbocycles. The number of allylic oxidation sites excluding steroid dienone is 3. The van der Waals surface area contributed by atoms with Crippen LogP contribution in [0.15, 0.2) is 72.5 Å². The number of carbonyl (C=O) groups is 2. The van der Waals surface area contributed by atoms with Crippen LogP contribution >= 0.6 is 11.3 Å². The summed E-state index contributed by atoms with van der Waals surface area (Å²) in [6.07, 6.45) is 6.66. The molecule has 0 spiro atoms. The number of halogens is 3. The van der Waals surface area contributed by atoms with E-state index in [-0.39, 0.29) is 24.5 Å². The van der Waals surface area contributed by atoms with Gasteiger partial charge in [0.2, 0.25) is 11.0 Å². The molecule has 0 fully saturated rings. The summed E-state index contributed by atoms with van der Waals surface area (Å²) in [6.45, 7) is 0. The van der Waals surface area contributed by atoms with E-state index in [4.69, 9.17) is 11.5 Å². The maximum absolute atomic E-state index is 12.0. The number of hydrogen-bond donors (Lipinski definition) is 4. The quantitative estimate of drug-likeness (QED) is 0.131. The van der Waals surface area contributed by atoms with Crippen molar-refractivity contribution in [2.24, 2.45) is 11.5 Å². The zero-order valence-electron chi connectivity index (χ0n) is 22.4. The minimum atomic E-state index is -4.69. The summed E-state index contributed by atoms with van der Waals surface area (Å²) in [5.74, 6) is 0.138. The number of nitrogens with zero attached hydrogens (tertiary/aromatic N) is 3. The Bertz CT molecular complexity index is 1300. The van der Waals surface area contributed by atoms with Gasteiger partial charge in [-0.2, -0.15) is 0 Å². The molecule has 2 heterocycles. The highest BCUT2D eigenvalue weighted by Crippen LogP contribution is 2.23. The Morgan fingerprint density at radius 3 is 2.56 bits per heavy atom. The fourth-order valence-electron chi connectivity index (χ4n) is 3.19.